The van der Waals surface area contributed by atoms with E-state index in [-0.39, 0.29) is 39.1 Å². The molecule has 2 aliphatic heterocycles. The first-order valence-corrected chi connectivity index (χ1v) is 14.4. The molecule has 2 N–H and O–H groups in total. The first-order chi connectivity index (χ1) is 21.5. The molecule has 0 aromatic heterocycles. The van der Waals surface area contributed by atoms with Crippen LogP contribution in [0.4, 0.5) is 0 Å². The fourth-order valence-corrected chi connectivity index (χ4v) is 5.31. The zero-order valence-electron chi connectivity index (χ0n) is 23.1. The van der Waals surface area contributed by atoms with Crippen LogP contribution < -0.4 is 5.84 Å². The predicted octanol–water partition coefficient (Wildman–Crippen LogP) is 5.67. The highest BCUT2D eigenvalue weighted by atomic mass is 32.2. The molecule has 0 amide bonds. The number of amidine groups is 1. The van der Waals surface area contributed by atoms with Crippen molar-refractivity contribution in [1.82, 2.24) is 10.0 Å². The van der Waals surface area contributed by atoms with Crippen molar-refractivity contribution >= 4 is 46.0 Å². The minimum absolute atomic E-state index is 0.0508. The lowest BCUT2D eigenvalue weighted by Crippen LogP contribution is -2.42. The molecule has 214 valence electrons. The van der Waals surface area contributed by atoms with Crippen LogP contribution in [0.1, 0.15) is 36.6 Å². The molecule has 2 aliphatic rings. The molecule has 0 fully saturated rings. The summed E-state index contributed by atoms with van der Waals surface area (Å²) in [4.78, 5) is 40.8. The lowest BCUT2D eigenvalue weighted by molar-refractivity contribution is 0.101. The number of rotatable bonds is 8. The van der Waals surface area contributed by atoms with Crippen molar-refractivity contribution in [3.8, 4) is 0 Å². The summed E-state index contributed by atoms with van der Waals surface area (Å²) in [5, 5.41) is 15.9. The SMILES string of the molecule is NN1C(S/C(=C\C(=O)c2ccccc2)C(=O)c2ccccc2)=NN2C(C(=O)c3ccccc3)=CC(c3ccccc3)=NN=C12. The van der Waals surface area contributed by atoms with E-state index in [1.54, 1.807) is 91.0 Å². The summed E-state index contributed by atoms with van der Waals surface area (Å²) in [5.41, 5.74) is 2.58. The molecule has 0 bridgehead atoms. The Bertz CT molecular complexity index is 1890. The molecule has 4 aromatic rings. The Kier molecular flexibility index (Phi) is 8.17. The van der Waals surface area contributed by atoms with E-state index >= 15 is 0 Å². The van der Waals surface area contributed by atoms with Crippen LogP contribution in [0, 0.1) is 0 Å². The van der Waals surface area contributed by atoms with Crippen LogP contribution in [-0.4, -0.2) is 44.2 Å². The number of hydrogen-bond acceptors (Lipinski definition) is 10. The summed E-state index contributed by atoms with van der Waals surface area (Å²) in [6.07, 6.45) is 2.88. The molecule has 44 heavy (non-hydrogen) atoms. The van der Waals surface area contributed by atoms with E-state index in [1.165, 1.54) is 11.1 Å². The Balaban J connectivity index is 1.40. The molecular weight excluding hydrogens is 572 g/mol. The number of hydrazone groups is 1. The van der Waals surface area contributed by atoms with Gasteiger partial charge in [0.2, 0.25) is 11.0 Å². The first kappa shape index (κ1) is 28.4. The van der Waals surface area contributed by atoms with Gasteiger partial charge in [-0.1, -0.05) is 121 Å². The van der Waals surface area contributed by atoms with Gasteiger partial charge in [0, 0.05) is 28.3 Å². The average molecular weight is 597 g/mol. The summed E-state index contributed by atoms with van der Waals surface area (Å²) >= 11 is 0.898. The van der Waals surface area contributed by atoms with Gasteiger partial charge in [-0.05, 0) is 17.8 Å². The van der Waals surface area contributed by atoms with Crippen molar-refractivity contribution in [3.05, 3.63) is 166 Å². The van der Waals surface area contributed by atoms with Gasteiger partial charge in [-0.25, -0.2) is 10.9 Å². The van der Waals surface area contributed by atoms with Crippen LogP contribution in [0.25, 0.3) is 0 Å². The van der Waals surface area contributed by atoms with E-state index in [0.29, 0.717) is 22.4 Å². The van der Waals surface area contributed by atoms with Crippen LogP contribution >= 0.6 is 11.8 Å². The highest BCUT2D eigenvalue weighted by Crippen LogP contribution is 2.31. The van der Waals surface area contributed by atoms with Crippen molar-refractivity contribution in [2.45, 2.75) is 0 Å². The summed E-state index contributed by atoms with van der Waals surface area (Å²) in [6, 6.07) is 35.3. The highest BCUT2D eigenvalue weighted by molar-refractivity contribution is 8.17. The van der Waals surface area contributed by atoms with E-state index in [9.17, 15) is 14.4 Å². The standard InChI is InChI=1S/C34H24N6O3S/c35-39-33-37-36-27(23-13-5-1-6-14-23)21-28(31(42)25-17-9-3-10-18-25)40(33)38-34(39)44-30(32(43)26-19-11-4-12-20-26)22-29(41)24-15-7-2-8-16-24/h1-22H,35H2/b30-22-. The van der Waals surface area contributed by atoms with Crippen molar-refractivity contribution < 1.29 is 14.4 Å². The number of benzene rings is 4. The van der Waals surface area contributed by atoms with Crippen molar-refractivity contribution in [3.63, 3.8) is 0 Å². The lowest BCUT2D eigenvalue weighted by Gasteiger charge is -2.18. The molecule has 9 nitrogen and oxygen atoms in total. The third kappa shape index (κ3) is 5.93. The Labute approximate surface area is 257 Å². The first-order valence-electron chi connectivity index (χ1n) is 13.5. The number of carbonyl (C=O) groups excluding carboxylic acids is 3. The van der Waals surface area contributed by atoms with Gasteiger partial charge in [0.15, 0.2) is 11.6 Å². The topological polar surface area (TPSA) is 121 Å². The van der Waals surface area contributed by atoms with Crippen molar-refractivity contribution in [2.24, 2.45) is 21.1 Å². The van der Waals surface area contributed by atoms with Gasteiger partial charge in [-0.3, -0.25) is 14.4 Å². The molecule has 6 rings (SSSR count). The van der Waals surface area contributed by atoms with Crippen LogP contribution in [0.5, 0.6) is 0 Å². The van der Waals surface area contributed by atoms with Crippen molar-refractivity contribution in [1.29, 1.82) is 0 Å². The van der Waals surface area contributed by atoms with Crippen molar-refractivity contribution in [2.75, 3.05) is 0 Å². The lowest BCUT2D eigenvalue weighted by atomic mass is 10.0. The van der Waals surface area contributed by atoms with Crippen LogP contribution in [0.2, 0.25) is 0 Å². The minimum atomic E-state index is -0.388. The zero-order chi connectivity index (χ0) is 30.5. The summed E-state index contributed by atoms with van der Waals surface area (Å²) < 4.78 is 0. The smallest absolute Gasteiger partial charge is 0.268 e. The van der Waals surface area contributed by atoms with Gasteiger partial charge in [0.05, 0.1) is 10.6 Å². The number of nitrogens with zero attached hydrogens (tertiary/aromatic N) is 5. The number of guanidine groups is 1. The zero-order valence-corrected chi connectivity index (χ0v) is 24.0. The third-order valence-electron chi connectivity index (χ3n) is 6.67. The quantitative estimate of drug-likeness (QED) is 0.158. The fraction of sp³-hybridized carbons (Fsp3) is 0. The molecule has 0 saturated carbocycles. The second-order valence-electron chi connectivity index (χ2n) is 9.58. The van der Waals surface area contributed by atoms with Gasteiger partial charge >= 0.3 is 0 Å². The molecule has 0 saturated heterocycles. The molecule has 0 radical (unpaired) electrons. The van der Waals surface area contributed by atoms with E-state index in [2.05, 4.69) is 15.3 Å². The maximum absolute atomic E-state index is 13.8. The number of carbonyl (C=O) groups is 3. The van der Waals surface area contributed by atoms with Gasteiger partial charge in [0.25, 0.3) is 5.96 Å². The molecule has 0 aliphatic carbocycles. The molecule has 0 atom stereocenters. The van der Waals surface area contributed by atoms with Crippen LogP contribution in [0.15, 0.2) is 159 Å². The van der Waals surface area contributed by atoms with Gasteiger partial charge in [-0.15, -0.1) is 15.3 Å². The normalized spacial score (nSPS) is 14.5. The Morgan fingerprint density at radius 1 is 0.682 bits per heavy atom. The number of Topliss-reactive ketones (excluding diaryl/α,β-unsaturated/α-hetero) is 2. The van der Waals surface area contributed by atoms with Crippen LogP contribution in [0.3, 0.4) is 0 Å². The highest BCUT2D eigenvalue weighted by Gasteiger charge is 2.37. The maximum Gasteiger partial charge on any atom is 0.268 e. The molecule has 0 spiro atoms. The minimum Gasteiger partial charge on any atom is -0.289 e. The maximum atomic E-state index is 13.8. The van der Waals surface area contributed by atoms with Gasteiger partial charge in [-0.2, -0.15) is 5.01 Å². The molecule has 0 unspecified atom stereocenters. The molecule has 2 heterocycles. The summed E-state index contributed by atoms with van der Waals surface area (Å²) in [5.74, 6) is 5.47. The van der Waals surface area contributed by atoms with E-state index in [1.807, 2.05) is 36.4 Å². The number of hydrazine groups is 1. The summed E-state index contributed by atoms with van der Waals surface area (Å²) in [7, 11) is 0. The number of allylic oxidation sites excluding steroid dienone is 4. The molecule has 10 heteroatoms. The summed E-state index contributed by atoms with van der Waals surface area (Å²) in [6.45, 7) is 0. The number of ketones is 3. The number of fused-ring (bicyclic) bond motifs is 1. The Hall–Kier alpha value is -5.71. The third-order valence-corrected chi connectivity index (χ3v) is 7.65. The fourth-order valence-electron chi connectivity index (χ4n) is 4.43. The average Bonchev–Trinajstić information content (AvgIpc) is 3.26. The largest absolute Gasteiger partial charge is 0.289 e. The van der Waals surface area contributed by atoms with E-state index < -0.39 is 0 Å². The van der Waals surface area contributed by atoms with E-state index in [4.69, 9.17) is 5.84 Å². The number of nitrogens with two attached hydrogens (primary N) is 1. The van der Waals surface area contributed by atoms with Crippen LogP contribution in [-0.2, 0) is 0 Å². The number of hydrogen-bond donors (Lipinski definition) is 1. The second-order valence-corrected chi connectivity index (χ2v) is 10.6. The van der Waals surface area contributed by atoms with E-state index in [0.717, 1.165) is 22.3 Å². The van der Waals surface area contributed by atoms with Gasteiger partial charge in [0.1, 0.15) is 5.70 Å². The second kappa shape index (κ2) is 12.7. The Morgan fingerprint density at radius 2 is 1.23 bits per heavy atom. The van der Waals surface area contributed by atoms with Gasteiger partial charge < -0.3 is 0 Å². The molecular formula is C34H24N6O3S. The number of thioether (sulfide) groups is 1. The Morgan fingerprint density at radius 3 is 1.84 bits per heavy atom. The monoisotopic (exact) mass is 596 g/mol. The predicted molar refractivity (Wildman–Crippen MR) is 172 cm³/mol. The molecule has 4 aromatic carbocycles.